The van der Waals surface area contributed by atoms with Crippen molar-refractivity contribution in [3.05, 3.63) is 35.5 Å². The molecule has 0 saturated heterocycles. The Morgan fingerprint density at radius 3 is 2.81 bits per heavy atom. The van der Waals surface area contributed by atoms with E-state index >= 15 is 0 Å². The number of cyclic esters (lactones) is 1. The number of carbonyl (C=O) groups excluding carboxylic acids is 1. The van der Waals surface area contributed by atoms with Crippen LogP contribution in [0.15, 0.2) is 24.4 Å². The molecule has 82 valence electrons. The zero-order chi connectivity index (χ0) is 11.5. The highest BCUT2D eigenvalue weighted by Gasteiger charge is 2.34. The van der Waals surface area contributed by atoms with Crippen LogP contribution < -0.4 is 0 Å². The average molecular weight is 215 g/mol. The molecule has 0 amide bonds. The van der Waals surface area contributed by atoms with Crippen molar-refractivity contribution in [3.63, 3.8) is 0 Å². The summed E-state index contributed by atoms with van der Waals surface area (Å²) in [5, 5.41) is 1.13. The van der Waals surface area contributed by atoms with E-state index in [1.165, 1.54) is 0 Å². The smallest absolute Gasteiger partial charge is 0.419 e. The van der Waals surface area contributed by atoms with Crippen LogP contribution in [0.2, 0.25) is 0 Å². The van der Waals surface area contributed by atoms with Gasteiger partial charge in [0, 0.05) is 17.1 Å². The minimum absolute atomic E-state index is 0.290. The minimum atomic E-state index is -0.544. The van der Waals surface area contributed by atoms with E-state index in [0.29, 0.717) is 0 Å². The number of carbonyl (C=O) groups is 1. The summed E-state index contributed by atoms with van der Waals surface area (Å²) in [5.74, 6) is 0. The lowest BCUT2D eigenvalue weighted by Gasteiger charge is -2.30. The Morgan fingerprint density at radius 2 is 2.06 bits per heavy atom. The summed E-state index contributed by atoms with van der Waals surface area (Å²) in [6.07, 6.45) is 1.55. The molecule has 1 aliphatic heterocycles. The van der Waals surface area contributed by atoms with E-state index in [1.54, 1.807) is 4.57 Å². The number of hydrogen-bond donors (Lipinski definition) is 0. The number of aryl methyl sites for hydroxylation is 1. The van der Waals surface area contributed by atoms with E-state index < -0.39 is 5.60 Å². The average Bonchev–Trinajstić information content (AvgIpc) is 2.54. The molecule has 0 fully saturated rings. The van der Waals surface area contributed by atoms with Crippen molar-refractivity contribution in [1.29, 1.82) is 0 Å². The molecular formula is C13H13NO2. The zero-order valence-electron chi connectivity index (χ0n) is 9.57. The molecule has 0 atom stereocenters. The molecule has 1 aromatic carbocycles. The summed E-state index contributed by atoms with van der Waals surface area (Å²) in [4.78, 5) is 11.8. The lowest BCUT2D eigenvalue weighted by atomic mass is 9.94. The van der Waals surface area contributed by atoms with Crippen LogP contribution in [0.25, 0.3) is 10.9 Å². The molecular weight excluding hydrogens is 202 g/mol. The summed E-state index contributed by atoms with van der Waals surface area (Å²) in [5.41, 5.74) is 2.61. The molecule has 0 aliphatic carbocycles. The Kier molecular flexibility index (Phi) is 1.58. The van der Waals surface area contributed by atoms with Crippen LogP contribution >= 0.6 is 0 Å². The van der Waals surface area contributed by atoms with Gasteiger partial charge in [0.1, 0.15) is 5.60 Å². The minimum Gasteiger partial charge on any atom is -0.438 e. The summed E-state index contributed by atoms with van der Waals surface area (Å²) < 4.78 is 7.03. The number of nitrogens with zero attached hydrogens (tertiary/aromatic N) is 1. The van der Waals surface area contributed by atoms with Crippen molar-refractivity contribution >= 4 is 17.0 Å². The summed E-state index contributed by atoms with van der Waals surface area (Å²) in [7, 11) is 0. The van der Waals surface area contributed by atoms with Gasteiger partial charge in [-0.2, -0.15) is 0 Å². The second kappa shape index (κ2) is 2.67. The van der Waals surface area contributed by atoms with Gasteiger partial charge in [0.25, 0.3) is 0 Å². The fourth-order valence-electron chi connectivity index (χ4n) is 2.40. The van der Waals surface area contributed by atoms with Gasteiger partial charge in [0.15, 0.2) is 0 Å². The third kappa shape index (κ3) is 1.00. The van der Waals surface area contributed by atoms with E-state index in [1.807, 2.05) is 45.2 Å². The lowest BCUT2D eigenvalue weighted by Crippen LogP contribution is -2.33. The van der Waals surface area contributed by atoms with Crippen LogP contribution in [-0.2, 0) is 10.3 Å². The van der Waals surface area contributed by atoms with Gasteiger partial charge in [-0.25, -0.2) is 4.79 Å². The Balaban J connectivity index is 2.53. The lowest BCUT2D eigenvalue weighted by molar-refractivity contribution is 0.0331. The monoisotopic (exact) mass is 215 g/mol. The van der Waals surface area contributed by atoms with Gasteiger partial charge in [0.05, 0.1) is 5.52 Å². The first-order chi connectivity index (χ1) is 7.50. The van der Waals surface area contributed by atoms with Crippen LogP contribution in [0.1, 0.15) is 25.0 Å². The molecule has 0 spiro atoms. The first-order valence-corrected chi connectivity index (χ1v) is 5.35. The fourth-order valence-corrected chi connectivity index (χ4v) is 2.40. The third-order valence-corrected chi connectivity index (χ3v) is 3.21. The molecule has 2 heterocycles. The highest BCUT2D eigenvalue weighted by Crippen LogP contribution is 2.37. The Morgan fingerprint density at radius 1 is 1.31 bits per heavy atom. The van der Waals surface area contributed by atoms with Crippen LogP contribution in [0.5, 0.6) is 0 Å². The predicted molar refractivity (Wildman–Crippen MR) is 61.6 cm³/mol. The Bertz CT molecular complexity index is 608. The summed E-state index contributed by atoms with van der Waals surface area (Å²) >= 11 is 0. The van der Waals surface area contributed by atoms with E-state index in [9.17, 15) is 4.79 Å². The highest BCUT2D eigenvalue weighted by atomic mass is 16.6. The van der Waals surface area contributed by atoms with Crippen molar-refractivity contribution in [2.24, 2.45) is 0 Å². The van der Waals surface area contributed by atoms with Gasteiger partial charge in [-0.05, 0) is 26.3 Å². The number of rotatable bonds is 0. The van der Waals surface area contributed by atoms with E-state index in [2.05, 4.69) is 0 Å². The number of para-hydroxylation sites is 1. The molecule has 3 nitrogen and oxygen atoms in total. The molecule has 0 bridgehead atoms. The molecule has 16 heavy (non-hydrogen) atoms. The molecule has 1 aliphatic rings. The predicted octanol–water partition coefficient (Wildman–Crippen LogP) is 3.18. The number of ether oxygens (including phenoxy) is 1. The zero-order valence-corrected chi connectivity index (χ0v) is 9.57. The molecule has 2 aromatic rings. The number of benzene rings is 1. The van der Waals surface area contributed by atoms with Crippen LogP contribution in [-0.4, -0.2) is 10.7 Å². The molecule has 1 aromatic heterocycles. The van der Waals surface area contributed by atoms with Crippen LogP contribution in [0, 0.1) is 6.92 Å². The van der Waals surface area contributed by atoms with Crippen LogP contribution in [0.4, 0.5) is 4.79 Å². The first kappa shape index (κ1) is 9.46. The SMILES string of the molecule is Cc1cn2c3c(cccc13)C(C)(C)OC2=O. The van der Waals surface area contributed by atoms with Crippen LogP contribution in [0.3, 0.4) is 0 Å². The normalized spacial score (nSPS) is 17.6. The van der Waals surface area contributed by atoms with Crippen molar-refractivity contribution in [2.45, 2.75) is 26.4 Å². The fraction of sp³-hybridized carbons (Fsp3) is 0.308. The maximum absolute atomic E-state index is 11.8. The number of aromatic nitrogens is 1. The van der Waals surface area contributed by atoms with E-state index in [4.69, 9.17) is 4.74 Å². The van der Waals surface area contributed by atoms with Crippen molar-refractivity contribution in [2.75, 3.05) is 0 Å². The summed E-state index contributed by atoms with van der Waals surface area (Å²) in [6, 6.07) is 6.07. The van der Waals surface area contributed by atoms with Gasteiger partial charge in [-0.15, -0.1) is 0 Å². The largest absolute Gasteiger partial charge is 0.438 e. The maximum Gasteiger partial charge on any atom is 0.419 e. The second-order valence-corrected chi connectivity index (χ2v) is 4.76. The molecule has 0 saturated carbocycles. The van der Waals surface area contributed by atoms with Gasteiger partial charge in [-0.3, -0.25) is 4.57 Å². The standard InChI is InChI=1S/C13H13NO2/c1-8-7-14-11-9(8)5-4-6-10(11)13(2,3)16-12(14)15/h4-7H,1-3H3. The third-order valence-electron chi connectivity index (χ3n) is 3.21. The van der Waals surface area contributed by atoms with Crippen molar-refractivity contribution in [1.82, 2.24) is 4.57 Å². The summed E-state index contributed by atoms with van der Waals surface area (Å²) in [6.45, 7) is 5.85. The van der Waals surface area contributed by atoms with Gasteiger partial charge in [0.2, 0.25) is 0 Å². The van der Waals surface area contributed by atoms with Gasteiger partial charge in [-0.1, -0.05) is 18.2 Å². The quantitative estimate of drug-likeness (QED) is 0.675. The number of hydrogen-bond acceptors (Lipinski definition) is 2. The Hall–Kier alpha value is -1.77. The van der Waals surface area contributed by atoms with Crippen molar-refractivity contribution < 1.29 is 9.53 Å². The topological polar surface area (TPSA) is 31.2 Å². The maximum atomic E-state index is 11.8. The van der Waals surface area contributed by atoms with Gasteiger partial charge >= 0.3 is 6.09 Å². The highest BCUT2D eigenvalue weighted by molar-refractivity contribution is 5.96. The molecule has 3 heteroatoms. The molecule has 0 unspecified atom stereocenters. The first-order valence-electron chi connectivity index (χ1n) is 5.35. The molecule has 3 rings (SSSR count). The second-order valence-electron chi connectivity index (χ2n) is 4.76. The Labute approximate surface area is 93.6 Å². The molecule has 0 radical (unpaired) electrons. The van der Waals surface area contributed by atoms with E-state index in [-0.39, 0.29) is 6.09 Å². The van der Waals surface area contributed by atoms with Crippen molar-refractivity contribution in [3.8, 4) is 0 Å². The van der Waals surface area contributed by atoms with Gasteiger partial charge < -0.3 is 4.74 Å². The van der Waals surface area contributed by atoms with E-state index in [0.717, 1.165) is 22.0 Å². The molecule has 0 N–H and O–H groups in total.